The molecular formula is C25H26Cl2N4O3S. The average molecular weight is 533 g/mol. The van der Waals surface area contributed by atoms with Crippen LogP contribution in [0, 0.1) is 6.92 Å². The molecule has 1 aromatic heterocycles. The van der Waals surface area contributed by atoms with Crippen LogP contribution >= 0.6 is 34.5 Å². The third kappa shape index (κ3) is 7.21. The van der Waals surface area contributed by atoms with Crippen LogP contribution in [0.15, 0.2) is 59.6 Å². The van der Waals surface area contributed by atoms with E-state index < -0.39 is 17.9 Å². The minimum absolute atomic E-state index is 0.0587. The zero-order valence-electron chi connectivity index (χ0n) is 19.0. The fourth-order valence-electron chi connectivity index (χ4n) is 3.75. The Balaban J connectivity index is 1.89. The van der Waals surface area contributed by atoms with Gasteiger partial charge >= 0.3 is 5.97 Å². The van der Waals surface area contributed by atoms with Gasteiger partial charge in [0.25, 0.3) is 5.91 Å². The van der Waals surface area contributed by atoms with E-state index in [-0.39, 0.29) is 24.8 Å². The number of hydrogen-bond donors (Lipinski definition) is 4. The van der Waals surface area contributed by atoms with Crippen molar-refractivity contribution in [1.29, 1.82) is 0 Å². The number of nitrogens with one attached hydrogen (secondary N) is 1. The maximum atomic E-state index is 13.1. The lowest BCUT2D eigenvalue weighted by atomic mass is 9.89. The summed E-state index contributed by atoms with van der Waals surface area (Å²) in [6.07, 6.45) is 0.609. The zero-order chi connectivity index (χ0) is 25.5. The fraction of sp³-hybridized carbons (Fsp3) is 0.240. The number of aliphatic imine (C=N–C) groups is 1. The van der Waals surface area contributed by atoms with Crippen LogP contribution in [0.1, 0.15) is 50.0 Å². The normalized spacial score (nSPS) is 11.8. The highest BCUT2D eigenvalue weighted by Crippen LogP contribution is 2.39. The number of carboxylic acids is 1. The molecular weight excluding hydrogens is 507 g/mol. The van der Waals surface area contributed by atoms with Gasteiger partial charge in [-0.3, -0.25) is 9.79 Å². The Kier molecular flexibility index (Phi) is 9.14. The van der Waals surface area contributed by atoms with Crippen LogP contribution in [0.4, 0.5) is 0 Å². The first-order valence-electron chi connectivity index (χ1n) is 10.9. The first-order chi connectivity index (χ1) is 16.7. The summed E-state index contributed by atoms with van der Waals surface area (Å²) < 4.78 is 0. The minimum Gasteiger partial charge on any atom is -0.480 e. The van der Waals surface area contributed by atoms with E-state index >= 15 is 0 Å². The largest absolute Gasteiger partial charge is 0.480 e. The van der Waals surface area contributed by atoms with Crippen molar-refractivity contribution in [3.63, 3.8) is 0 Å². The number of hydrogen-bond acceptors (Lipinski definition) is 4. The number of guanidine groups is 1. The van der Waals surface area contributed by atoms with Crippen molar-refractivity contribution in [1.82, 2.24) is 5.32 Å². The molecule has 3 rings (SSSR count). The number of benzene rings is 2. The highest BCUT2D eigenvalue weighted by molar-refractivity contribution is 7.14. The molecule has 0 bridgehead atoms. The standard InChI is InChI=1S/C25H26Cl2N4O3S/c1-14-11-20(21(15-5-2-7-17(26)12-15)16-6-3-8-18(27)13-16)35-22(14)23(32)31-19(24(33)34)9-4-10-30-25(28)29/h2-3,5-8,11-13,19,21H,4,9-10H2,1H3,(H,31,32)(H,33,34)(H4,28,29,30)/t19-/m0/s1. The quantitative estimate of drug-likeness (QED) is 0.169. The Hall–Kier alpha value is -3.07. The van der Waals surface area contributed by atoms with Crippen LogP contribution in [-0.4, -0.2) is 35.5 Å². The molecule has 0 saturated heterocycles. The summed E-state index contributed by atoms with van der Waals surface area (Å²) in [5, 5.41) is 13.4. The summed E-state index contributed by atoms with van der Waals surface area (Å²) in [5.41, 5.74) is 13.3. The number of nitrogens with zero attached hydrogens (tertiary/aromatic N) is 1. The molecule has 0 fully saturated rings. The van der Waals surface area contributed by atoms with E-state index in [1.165, 1.54) is 11.3 Å². The minimum atomic E-state index is -1.12. The fourth-order valence-corrected chi connectivity index (χ4v) is 5.38. The highest BCUT2D eigenvalue weighted by atomic mass is 35.5. The molecule has 0 aliphatic heterocycles. The smallest absolute Gasteiger partial charge is 0.326 e. The van der Waals surface area contributed by atoms with Gasteiger partial charge in [-0.2, -0.15) is 0 Å². The van der Waals surface area contributed by atoms with Gasteiger partial charge in [0, 0.05) is 27.4 Å². The molecule has 2 aromatic carbocycles. The molecule has 0 saturated carbocycles. The topological polar surface area (TPSA) is 131 Å². The van der Waals surface area contributed by atoms with Crippen LogP contribution in [-0.2, 0) is 4.79 Å². The molecule has 10 heteroatoms. The van der Waals surface area contributed by atoms with Gasteiger partial charge in [-0.25, -0.2) is 4.79 Å². The Morgan fingerprint density at radius 1 is 1.06 bits per heavy atom. The third-order valence-corrected chi connectivity index (χ3v) is 7.11. The van der Waals surface area contributed by atoms with Crippen molar-refractivity contribution < 1.29 is 14.7 Å². The Bertz CT molecular complexity index is 1200. The summed E-state index contributed by atoms with van der Waals surface area (Å²) >= 11 is 13.9. The lowest BCUT2D eigenvalue weighted by molar-refractivity contribution is -0.139. The Morgan fingerprint density at radius 3 is 2.17 bits per heavy atom. The van der Waals surface area contributed by atoms with Gasteiger partial charge in [0.15, 0.2) is 5.96 Å². The van der Waals surface area contributed by atoms with E-state index in [1.54, 1.807) is 12.1 Å². The number of carbonyl (C=O) groups excluding carboxylic acids is 1. The molecule has 0 aliphatic carbocycles. The van der Waals surface area contributed by atoms with Crippen molar-refractivity contribution in [3.8, 4) is 0 Å². The van der Waals surface area contributed by atoms with Crippen LogP contribution in [0.3, 0.4) is 0 Å². The maximum Gasteiger partial charge on any atom is 0.326 e. The monoisotopic (exact) mass is 532 g/mol. The summed E-state index contributed by atoms with van der Waals surface area (Å²) in [6.45, 7) is 2.11. The average Bonchev–Trinajstić information content (AvgIpc) is 3.16. The molecule has 35 heavy (non-hydrogen) atoms. The van der Waals surface area contributed by atoms with Crippen molar-refractivity contribution in [2.24, 2.45) is 16.5 Å². The molecule has 7 nitrogen and oxygen atoms in total. The predicted molar refractivity (Wildman–Crippen MR) is 142 cm³/mol. The van der Waals surface area contributed by atoms with E-state index in [1.807, 2.05) is 49.4 Å². The number of rotatable bonds is 10. The summed E-state index contributed by atoms with van der Waals surface area (Å²) in [6, 6.07) is 16.0. The van der Waals surface area contributed by atoms with Gasteiger partial charge in [0.2, 0.25) is 0 Å². The lowest BCUT2D eigenvalue weighted by Crippen LogP contribution is -2.40. The first kappa shape index (κ1) is 26.5. The van der Waals surface area contributed by atoms with Crippen molar-refractivity contribution in [2.45, 2.75) is 31.7 Å². The van der Waals surface area contributed by atoms with Crippen molar-refractivity contribution in [2.75, 3.05) is 6.54 Å². The molecule has 0 radical (unpaired) electrons. The second-order valence-corrected chi connectivity index (χ2v) is 9.97. The second kappa shape index (κ2) is 12.1. The number of halogens is 2. The van der Waals surface area contributed by atoms with E-state index in [0.717, 1.165) is 21.6 Å². The number of amides is 1. The molecule has 1 atom stereocenters. The van der Waals surface area contributed by atoms with E-state index in [0.29, 0.717) is 21.3 Å². The number of aryl methyl sites for hydroxylation is 1. The molecule has 184 valence electrons. The molecule has 3 aromatic rings. The molecule has 1 heterocycles. The van der Waals surface area contributed by atoms with E-state index in [2.05, 4.69) is 10.3 Å². The lowest BCUT2D eigenvalue weighted by Gasteiger charge is -2.17. The first-order valence-corrected chi connectivity index (χ1v) is 12.4. The van der Waals surface area contributed by atoms with Crippen molar-refractivity contribution in [3.05, 3.63) is 91.1 Å². The summed E-state index contributed by atoms with van der Waals surface area (Å²) in [5.74, 6) is -1.82. The van der Waals surface area contributed by atoms with Crippen LogP contribution in [0.2, 0.25) is 10.0 Å². The molecule has 0 aliphatic rings. The van der Waals surface area contributed by atoms with Gasteiger partial charge in [-0.15, -0.1) is 11.3 Å². The zero-order valence-corrected chi connectivity index (χ0v) is 21.3. The van der Waals surface area contributed by atoms with Gasteiger partial charge in [-0.05, 0) is 66.8 Å². The van der Waals surface area contributed by atoms with Gasteiger partial charge in [0.05, 0.1) is 4.88 Å². The predicted octanol–water partition coefficient (Wildman–Crippen LogP) is 4.78. The van der Waals surface area contributed by atoms with Crippen LogP contribution < -0.4 is 16.8 Å². The number of thiophene rings is 1. The number of aliphatic carboxylic acids is 1. The molecule has 0 spiro atoms. The summed E-state index contributed by atoms with van der Waals surface area (Å²) in [7, 11) is 0. The maximum absolute atomic E-state index is 13.1. The van der Waals surface area contributed by atoms with Crippen LogP contribution in [0.5, 0.6) is 0 Å². The van der Waals surface area contributed by atoms with Gasteiger partial charge in [-0.1, -0.05) is 47.5 Å². The van der Waals surface area contributed by atoms with Crippen molar-refractivity contribution >= 4 is 52.4 Å². The molecule has 6 N–H and O–H groups in total. The van der Waals surface area contributed by atoms with E-state index in [9.17, 15) is 14.7 Å². The second-order valence-electron chi connectivity index (χ2n) is 8.02. The van der Waals surface area contributed by atoms with Gasteiger partial charge in [0.1, 0.15) is 6.04 Å². The highest BCUT2D eigenvalue weighted by Gasteiger charge is 2.26. The Labute approximate surface area is 217 Å². The van der Waals surface area contributed by atoms with Crippen LogP contribution in [0.25, 0.3) is 0 Å². The molecule has 0 unspecified atom stereocenters. The number of carboxylic acid groups (broad SMARTS) is 1. The number of carbonyl (C=O) groups is 2. The molecule has 1 amide bonds. The SMILES string of the molecule is Cc1cc(C(c2cccc(Cl)c2)c2cccc(Cl)c2)sc1C(=O)N[C@@H](CCCN=C(N)N)C(=O)O. The number of nitrogens with two attached hydrogens (primary N) is 2. The van der Waals surface area contributed by atoms with Gasteiger partial charge < -0.3 is 21.9 Å². The summed E-state index contributed by atoms with van der Waals surface area (Å²) in [4.78, 5) is 30.0. The third-order valence-electron chi connectivity index (χ3n) is 5.34. The van der Waals surface area contributed by atoms with E-state index in [4.69, 9.17) is 34.7 Å². The Morgan fingerprint density at radius 2 is 1.66 bits per heavy atom.